The molecule has 0 unspecified atom stereocenters. The molecule has 3 nitrogen and oxygen atoms in total. The minimum atomic E-state index is -4.25. The summed E-state index contributed by atoms with van der Waals surface area (Å²) < 4.78 is 35.3. The van der Waals surface area contributed by atoms with Crippen molar-refractivity contribution in [3.63, 3.8) is 0 Å². The number of carbonyl (C=O) groups excluding carboxylic acids is 1. The number of amides is 1. The molecule has 0 spiro atoms. The monoisotopic (exact) mass is 226 g/mol. The zero-order valence-electron chi connectivity index (χ0n) is 9.11. The first-order chi connectivity index (χ1) is 6.54. The molecule has 0 saturated carbocycles. The molecule has 15 heavy (non-hydrogen) atoms. The molecule has 3 N–H and O–H groups in total. The standard InChI is InChI=1S/C9H17F3N2O/c1-8(2,3)6(13)7(15)14-5-4-9(10,11)12/h6H,4-5,13H2,1-3H3,(H,14,15)/t6-/m1/s1. The zero-order chi connectivity index (χ0) is 12.3. The highest BCUT2D eigenvalue weighted by Crippen LogP contribution is 2.19. The molecule has 1 atom stereocenters. The van der Waals surface area contributed by atoms with Gasteiger partial charge in [-0.25, -0.2) is 0 Å². The van der Waals surface area contributed by atoms with Crippen LogP contribution >= 0.6 is 0 Å². The number of nitrogens with one attached hydrogen (secondary N) is 1. The van der Waals surface area contributed by atoms with Gasteiger partial charge in [0.15, 0.2) is 0 Å². The lowest BCUT2D eigenvalue weighted by molar-refractivity contribution is -0.136. The fraction of sp³-hybridized carbons (Fsp3) is 0.889. The number of rotatable bonds is 3. The van der Waals surface area contributed by atoms with E-state index in [1.807, 2.05) is 0 Å². The van der Waals surface area contributed by atoms with Crippen LogP contribution in [0.1, 0.15) is 27.2 Å². The Kier molecular flexibility index (Phi) is 4.58. The summed E-state index contributed by atoms with van der Waals surface area (Å²) in [6, 6.07) is -0.800. The third-order valence-electron chi connectivity index (χ3n) is 1.92. The molecule has 0 aromatic carbocycles. The maximum atomic E-state index is 11.8. The molecule has 0 saturated heterocycles. The van der Waals surface area contributed by atoms with Crippen LogP contribution in [0.2, 0.25) is 0 Å². The van der Waals surface area contributed by atoms with Crippen LogP contribution in [-0.2, 0) is 4.79 Å². The van der Waals surface area contributed by atoms with Crippen molar-refractivity contribution in [2.75, 3.05) is 6.54 Å². The lowest BCUT2D eigenvalue weighted by atomic mass is 9.87. The molecule has 0 bridgehead atoms. The third kappa shape index (κ3) is 6.33. The van der Waals surface area contributed by atoms with E-state index in [-0.39, 0.29) is 0 Å². The number of nitrogens with two attached hydrogens (primary N) is 1. The van der Waals surface area contributed by atoms with Crippen molar-refractivity contribution in [3.8, 4) is 0 Å². The summed E-state index contributed by atoms with van der Waals surface area (Å²) >= 11 is 0. The minimum Gasteiger partial charge on any atom is -0.354 e. The van der Waals surface area contributed by atoms with Crippen molar-refractivity contribution in [1.82, 2.24) is 5.32 Å². The van der Waals surface area contributed by atoms with Crippen LogP contribution in [0.15, 0.2) is 0 Å². The number of alkyl halides is 3. The van der Waals surface area contributed by atoms with Gasteiger partial charge in [-0.05, 0) is 5.41 Å². The highest BCUT2D eigenvalue weighted by Gasteiger charge is 2.29. The van der Waals surface area contributed by atoms with E-state index < -0.39 is 36.5 Å². The van der Waals surface area contributed by atoms with Crippen LogP contribution in [0.5, 0.6) is 0 Å². The second-order valence-corrected chi connectivity index (χ2v) is 4.50. The first-order valence-electron chi connectivity index (χ1n) is 4.64. The predicted octanol–water partition coefficient (Wildman–Crippen LogP) is 1.43. The predicted molar refractivity (Wildman–Crippen MR) is 51.1 cm³/mol. The van der Waals surface area contributed by atoms with Gasteiger partial charge in [0, 0.05) is 6.54 Å². The Labute approximate surface area is 87.2 Å². The van der Waals surface area contributed by atoms with Gasteiger partial charge in [-0.1, -0.05) is 20.8 Å². The van der Waals surface area contributed by atoms with Gasteiger partial charge in [0.25, 0.3) is 0 Å². The Hall–Kier alpha value is -0.780. The van der Waals surface area contributed by atoms with Gasteiger partial charge < -0.3 is 11.1 Å². The topological polar surface area (TPSA) is 55.1 Å². The Morgan fingerprint density at radius 3 is 2.13 bits per heavy atom. The van der Waals surface area contributed by atoms with E-state index in [1.54, 1.807) is 20.8 Å². The van der Waals surface area contributed by atoms with Crippen molar-refractivity contribution >= 4 is 5.91 Å². The molecule has 90 valence electrons. The molecule has 0 aliphatic carbocycles. The van der Waals surface area contributed by atoms with Crippen molar-refractivity contribution < 1.29 is 18.0 Å². The van der Waals surface area contributed by atoms with Crippen LogP contribution in [0.3, 0.4) is 0 Å². The van der Waals surface area contributed by atoms with E-state index in [9.17, 15) is 18.0 Å². The normalized spacial score (nSPS) is 14.9. The number of halogens is 3. The molecule has 6 heteroatoms. The Morgan fingerprint density at radius 2 is 1.80 bits per heavy atom. The fourth-order valence-electron chi connectivity index (χ4n) is 0.831. The maximum Gasteiger partial charge on any atom is 0.390 e. The van der Waals surface area contributed by atoms with Gasteiger partial charge in [0.1, 0.15) is 0 Å². The number of carbonyl (C=O) groups is 1. The lowest BCUT2D eigenvalue weighted by Crippen LogP contribution is -2.49. The molecule has 0 aliphatic rings. The molecule has 0 aliphatic heterocycles. The molecule has 0 aromatic rings. The third-order valence-corrected chi connectivity index (χ3v) is 1.92. The van der Waals surface area contributed by atoms with E-state index in [2.05, 4.69) is 5.32 Å². The van der Waals surface area contributed by atoms with E-state index in [4.69, 9.17) is 5.73 Å². The van der Waals surface area contributed by atoms with E-state index in [1.165, 1.54) is 0 Å². The molecular formula is C9H17F3N2O. The quantitative estimate of drug-likeness (QED) is 0.764. The second-order valence-electron chi connectivity index (χ2n) is 4.50. The van der Waals surface area contributed by atoms with Gasteiger partial charge in [0.2, 0.25) is 5.91 Å². The van der Waals surface area contributed by atoms with Crippen molar-refractivity contribution in [1.29, 1.82) is 0 Å². The Bertz CT molecular complexity index is 220. The summed E-state index contributed by atoms with van der Waals surface area (Å²) in [6.45, 7) is 4.83. The first-order valence-corrected chi connectivity index (χ1v) is 4.64. The smallest absolute Gasteiger partial charge is 0.354 e. The van der Waals surface area contributed by atoms with Gasteiger partial charge in [-0.2, -0.15) is 13.2 Å². The van der Waals surface area contributed by atoms with Crippen molar-refractivity contribution in [2.24, 2.45) is 11.1 Å². The van der Waals surface area contributed by atoms with Gasteiger partial charge in [-0.3, -0.25) is 4.79 Å². The lowest BCUT2D eigenvalue weighted by Gasteiger charge is -2.25. The average molecular weight is 226 g/mol. The van der Waals surface area contributed by atoms with Crippen molar-refractivity contribution in [3.05, 3.63) is 0 Å². The summed E-state index contributed by atoms with van der Waals surface area (Å²) in [5.41, 5.74) is 5.09. The highest BCUT2D eigenvalue weighted by molar-refractivity contribution is 5.82. The molecular weight excluding hydrogens is 209 g/mol. The zero-order valence-corrected chi connectivity index (χ0v) is 9.11. The van der Waals surface area contributed by atoms with Crippen LogP contribution in [-0.4, -0.2) is 24.7 Å². The van der Waals surface area contributed by atoms with Crippen molar-refractivity contribution in [2.45, 2.75) is 39.4 Å². The summed E-state index contributed by atoms with van der Waals surface area (Å²) in [5.74, 6) is -0.549. The Morgan fingerprint density at radius 1 is 1.33 bits per heavy atom. The molecule has 0 rings (SSSR count). The average Bonchev–Trinajstić information content (AvgIpc) is 1.98. The van der Waals surface area contributed by atoms with E-state index in [0.717, 1.165) is 0 Å². The number of hydrogen-bond acceptors (Lipinski definition) is 2. The van der Waals surface area contributed by atoms with Crippen LogP contribution in [0, 0.1) is 5.41 Å². The first kappa shape index (κ1) is 14.2. The maximum absolute atomic E-state index is 11.8. The van der Waals surface area contributed by atoms with E-state index >= 15 is 0 Å². The molecule has 0 radical (unpaired) electrons. The molecule has 0 fully saturated rings. The van der Waals surface area contributed by atoms with Gasteiger partial charge in [-0.15, -0.1) is 0 Å². The summed E-state index contributed by atoms with van der Waals surface area (Å²) in [4.78, 5) is 11.3. The SMILES string of the molecule is CC(C)(C)[C@H](N)C(=O)NCCC(F)(F)F. The summed E-state index contributed by atoms with van der Waals surface area (Å²) in [6.07, 6.45) is -5.28. The van der Waals surface area contributed by atoms with E-state index in [0.29, 0.717) is 0 Å². The molecule has 0 heterocycles. The Balaban J connectivity index is 3.96. The number of hydrogen-bond donors (Lipinski definition) is 2. The summed E-state index contributed by atoms with van der Waals surface area (Å²) in [7, 11) is 0. The van der Waals surface area contributed by atoms with Crippen LogP contribution < -0.4 is 11.1 Å². The summed E-state index contributed by atoms with van der Waals surface area (Å²) in [5, 5.41) is 2.16. The molecule has 1 amide bonds. The second kappa shape index (κ2) is 4.83. The van der Waals surface area contributed by atoms with Gasteiger partial charge >= 0.3 is 6.18 Å². The fourth-order valence-corrected chi connectivity index (χ4v) is 0.831. The van der Waals surface area contributed by atoms with Gasteiger partial charge in [0.05, 0.1) is 12.5 Å². The highest BCUT2D eigenvalue weighted by atomic mass is 19.4. The largest absolute Gasteiger partial charge is 0.390 e. The molecule has 0 aromatic heterocycles. The van der Waals surface area contributed by atoms with Crippen LogP contribution in [0.4, 0.5) is 13.2 Å². The van der Waals surface area contributed by atoms with Crippen LogP contribution in [0.25, 0.3) is 0 Å². The minimum absolute atomic E-state index is 0.424.